The van der Waals surface area contributed by atoms with E-state index in [4.69, 9.17) is 0 Å². The van der Waals surface area contributed by atoms with Crippen LogP contribution >= 0.6 is 0 Å². The summed E-state index contributed by atoms with van der Waals surface area (Å²) >= 11 is 0. The molecule has 0 aromatic carbocycles. The van der Waals surface area contributed by atoms with Crippen LogP contribution < -0.4 is 10.6 Å². The molecule has 1 saturated carbocycles. The highest BCUT2D eigenvalue weighted by Gasteiger charge is 2.41. The Balaban J connectivity index is 1.60. The van der Waals surface area contributed by atoms with Crippen LogP contribution in [0.3, 0.4) is 0 Å². The van der Waals surface area contributed by atoms with Gasteiger partial charge in [-0.3, -0.25) is 4.79 Å². The molecule has 0 bridgehead atoms. The lowest BCUT2D eigenvalue weighted by atomic mass is 9.70. The summed E-state index contributed by atoms with van der Waals surface area (Å²) in [7, 11) is 0. The Morgan fingerprint density at radius 1 is 1.59 bits per heavy atom. The highest BCUT2D eigenvalue weighted by molar-refractivity contribution is 5.92. The summed E-state index contributed by atoms with van der Waals surface area (Å²) in [5.41, 5.74) is 0.672. The van der Waals surface area contributed by atoms with Gasteiger partial charge in [-0.05, 0) is 38.6 Å². The van der Waals surface area contributed by atoms with Crippen LogP contribution in [0.2, 0.25) is 0 Å². The van der Waals surface area contributed by atoms with Gasteiger partial charge in [-0.15, -0.1) is 0 Å². The van der Waals surface area contributed by atoms with E-state index in [0.717, 1.165) is 19.4 Å². The van der Waals surface area contributed by atoms with Crippen molar-refractivity contribution in [3.05, 3.63) is 18.0 Å². The number of rotatable bonds is 2. The summed E-state index contributed by atoms with van der Waals surface area (Å²) in [6, 6.07) is 1.86. The van der Waals surface area contributed by atoms with Gasteiger partial charge in [0.25, 0.3) is 5.91 Å². The van der Waals surface area contributed by atoms with Crippen molar-refractivity contribution in [3.63, 3.8) is 0 Å². The molecule has 5 heteroatoms. The molecule has 0 radical (unpaired) electrons. The van der Waals surface area contributed by atoms with E-state index in [0.29, 0.717) is 11.2 Å². The number of aromatic nitrogens is 1. The Labute approximate surface area is 99.9 Å². The van der Waals surface area contributed by atoms with Gasteiger partial charge in [-0.25, -0.2) is 0 Å². The lowest BCUT2D eigenvalue weighted by Crippen LogP contribution is -2.59. The quantitative estimate of drug-likeness (QED) is 0.805. The van der Waals surface area contributed by atoms with Crippen molar-refractivity contribution >= 4 is 5.91 Å². The van der Waals surface area contributed by atoms with E-state index in [9.17, 15) is 4.79 Å². The van der Waals surface area contributed by atoms with Crippen LogP contribution in [-0.4, -0.2) is 29.2 Å². The molecule has 92 valence electrons. The molecule has 2 aliphatic rings. The number of hydrogen-bond donors (Lipinski definition) is 2. The first-order valence-electron chi connectivity index (χ1n) is 6.24. The lowest BCUT2D eigenvalue weighted by Gasteiger charge is -2.48. The molecular weight excluding hydrogens is 218 g/mol. The fourth-order valence-corrected chi connectivity index (χ4v) is 2.85. The van der Waals surface area contributed by atoms with E-state index in [2.05, 4.69) is 20.3 Å². The van der Waals surface area contributed by atoms with Crippen LogP contribution in [0.1, 0.15) is 42.6 Å². The predicted octanol–water partition coefficient (Wildman–Crippen LogP) is 1.08. The molecule has 1 spiro atoms. The molecule has 3 rings (SSSR count). The van der Waals surface area contributed by atoms with E-state index in [1.807, 2.05) is 0 Å². The molecular formula is C12H17N3O2. The molecule has 2 N–H and O–H groups in total. The third-order valence-electron chi connectivity index (χ3n) is 3.95. The fraction of sp³-hybridized carbons (Fsp3) is 0.667. The summed E-state index contributed by atoms with van der Waals surface area (Å²) in [4.78, 5) is 11.8. The average Bonchev–Trinajstić information content (AvgIpc) is 2.81. The minimum absolute atomic E-state index is 0.125. The molecule has 1 saturated heterocycles. The van der Waals surface area contributed by atoms with Gasteiger partial charge in [0, 0.05) is 17.6 Å². The maximum Gasteiger partial charge on any atom is 0.273 e. The van der Waals surface area contributed by atoms with Gasteiger partial charge < -0.3 is 15.2 Å². The SMILES string of the molecule is O=C(NC1CCNC2(CCC2)C1)c1ccon1. The van der Waals surface area contributed by atoms with E-state index in [1.165, 1.54) is 25.5 Å². The second-order valence-electron chi connectivity index (χ2n) is 5.11. The molecule has 2 heterocycles. The zero-order valence-corrected chi connectivity index (χ0v) is 9.74. The second kappa shape index (κ2) is 4.14. The summed E-state index contributed by atoms with van der Waals surface area (Å²) in [6.07, 6.45) is 7.23. The molecule has 17 heavy (non-hydrogen) atoms. The molecule has 2 fully saturated rings. The van der Waals surface area contributed by atoms with Crippen molar-refractivity contribution in [1.82, 2.24) is 15.8 Å². The first kappa shape index (κ1) is 10.8. The molecule has 1 atom stereocenters. The zero-order chi connectivity index (χ0) is 11.7. The Bertz CT molecular complexity index is 398. The highest BCUT2D eigenvalue weighted by Crippen LogP contribution is 2.38. The molecule has 1 amide bonds. The number of hydrogen-bond acceptors (Lipinski definition) is 4. The standard InChI is InChI=1S/C12H17N3O2/c16-11(10-3-7-17-15-10)14-9-2-6-13-12(8-9)4-1-5-12/h3,7,9,13H,1-2,4-6,8H2,(H,14,16). The van der Waals surface area contributed by atoms with E-state index < -0.39 is 0 Å². The van der Waals surface area contributed by atoms with Crippen LogP contribution in [0.4, 0.5) is 0 Å². The van der Waals surface area contributed by atoms with E-state index in [-0.39, 0.29) is 11.9 Å². The van der Waals surface area contributed by atoms with Gasteiger partial charge in [0.05, 0.1) is 0 Å². The van der Waals surface area contributed by atoms with Crippen LogP contribution in [-0.2, 0) is 0 Å². The van der Waals surface area contributed by atoms with Gasteiger partial charge in [0.15, 0.2) is 5.69 Å². The predicted molar refractivity (Wildman–Crippen MR) is 61.6 cm³/mol. The van der Waals surface area contributed by atoms with Crippen LogP contribution in [0, 0.1) is 0 Å². The topological polar surface area (TPSA) is 67.2 Å². The maximum atomic E-state index is 11.8. The van der Waals surface area contributed by atoms with Crippen molar-refractivity contribution in [2.24, 2.45) is 0 Å². The summed E-state index contributed by atoms with van der Waals surface area (Å²) in [6.45, 7) is 0.990. The first-order chi connectivity index (χ1) is 8.27. The van der Waals surface area contributed by atoms with Crippen LogP contribution in [0.5, 0.6) is 0 Å². The van der Waals surface area contributed by atoms with Crippen molar-refractivity contribution < 1.29 is 9.32 Å². The average molecular weight is 235 g/mol. The highest BCUT2D eigenvalue weighted by atomic mass is 16.5. The Morgan fingerprint density at radius 3 is 3.12 bits per heavy atom. The van der Waals surface area contributed by atoms with Gasteiger partial charge in [-0.2, -0.15) is 0 Å². The van der Waals surface area contributed by atoms with Gasteiger partial charge in [0.2, 0.25) is 0 Å². The monoisotopic (exact) mass is 235 g/mol. The minimum atomic E-state index is -0.125. The van der Waals surface area contributed by atoms with Gasteiger partial charge in [-0.1, -0.05) is 5.16 Å². The Hall–Kier alpha value is -1.36. The van der Waals surface area contributed by atoms with Crippen molar-refractivity contribution in [2.45, 2.75) is 43.7 Å². The molecule has 5 nitrogen and oxygen atoms in total. The van der Waals surface area contributed by atoms with Crippen molar-refractivity contribution in [3.8, 4) is 0 Å². The zero-order valence-electron chi connectivity index (χ0n) is 9.74. The smallest absolute Gasteiger partial charge is 0.273 e. The Kier molecular flexibility index (Phi) is 2.63. The van der Waals surface area contributed by atoms with E-state index >= 15 is 0 Å². The normalized spacial score (nSPS) is 26.5. The van der Waals surface area contributed by atoms with Crippen molar-refractivity contribution in [1.29, 1.82) is 0 Å². The maximum absolute atomic E-state index is 11.8. The number of nitrogens with one attached hydrogen (secondary N) is 2. The van der Waals surface area contributed by atoms with Crippen LogP contribution in [0.15, 0.2) is 16.9 Å². The summed E-state index contributed by atoms with van der Waals surface area (Å²) < 4.78 is 4.67. The van der Waals surface area contributed by atoms with Gasteiger partial charge >= 0.3 is 0 Å². The van der Waals surface area contributed by atoms with Crippen LogP contribution in [0.25, 0.3) is 0 Å². The number of carbonyl (C=O) groups excluding carboxylic acids is 1. The fourth-order valence-electron chi connectivity index (χ4n) is 2.85. The van der Waals surface area contributed by atoms with Gasteiger partial charge in [0.1, 0.15) is 6.26 Å². The number of amides is 1. The molecule has 1 unspecified atom stereocenters. The Morgan fingerprint density at radius 2 is 2.47 bits per heavy atom. The number of piperidine rings is 1. The second-order valence-corrected chi connectivity index (χ2v) is 5.11. The largest absolute Gasteiger partial charge is 0.364 e. The molecule has 1 aliphatic heterocycles. The lowest BCUT2D eigenvalue weighted by molar-refractivity contribution is 0.0845. The van der Waals surface area contributed by atoms with Crippen molar-refractivity contribution in [2.75, 3.05) is 6.54 Å². The summed E-state index contributed by atoms with van der Waals surface area (Å²) in [5, 5.41) is 10.3. The summed E-state index contributed by atoms with van der Waals surface area (Å²) in [5.74, 6) is -0.125. The van der Waals surface area contributed by atoms with E-state index in [1.54, 1.807) is 6.07 Å². The minimum Gasteiger partial charge on any atom is -0.364 e. The molecule has 1 aromatic rings. The number of carbonyl (C=O) groups is 1. The third kappa shape index (κ3) is 2.07. The number of nitrogens with zero attached hydrogens (tertiary/aromatic N) is 1. The first-order valence-corrected chi connectivity index (χ1v) is 6.24. The third-order valence-corrected chi connectivity index (χ3v) is 3.95. The molecule has 1 aliphatic carbocycles. The molecule has 1 aromatic heterocycles.